The van der Waals surface area contributed by atoms with Crippen molar-refractivity contribution in [3.05, 3.63) is 59.4 Å². The van der Waals surface area contributed by atoms with Crippen molar-refractivity contribution in [3.8, 4) is 5.75 Å². The zero-order chi connectivity index (χ0) is 21.9. The second kappa shape index (κ2) is 12.0. The van der Waals surface area contributed by atoms with Gasteiger partial charge in [0, 0.05) is 38.7 Å². The Hall–Kier alpha value is -3.06. The number of nitrogens with zero attached hydrogens (tertiary/aromatic N) is 2. The average molecular weight is 424 g/mol. The Bertz CT molecular complexity index is 950. The SMILES string of the molecule is CCOCCOc1cc(C)ccc1CNC(=NC)NCCCc1nc2ccccc2[nH]1. The van der Waals surface area contributed by atoms with Crippen LogP contribution in [0.3, 0.4) is 0 Å². The lowest BCUT2D eigenvalue weighted by atomic mass is 10.1. The van der Waals surface area contributed by atoms with E-state index in [1.54, 1.807) is 7.05 Å². The van der Waals surface area contributed by atoms with Gasteiger partial charge in [-0.2, -0.15) is 0 Å². The molecule has 7 nitrogen and oxygen atoms in total. The summed E-state index contributed by atoms with van der Waals surface area (Å²) in [5, 5.41) is 6.74. The summed E-state index contributed by atoms with van der Waals surface area (Å²) in [4.78, 5) is 12.3. The minimum atomic E-state index is 0.541. The number of aromatic amines is 1. The molecule has 1 heterocycles. The molecule has 3 aromatic rings. The summed E-state index contributed by atoms with van der Waals surface area (Å²) in [5.41, 5.74) is 4.36. The summed E-state index contributed by atoms with van der Waals surface area (Å²) in [6.45, 7) is 7.32. The molecule has 3 N–H and O–H groups in total. The minimum absolute atomic E-state index is 0.541. The van der Waals surface area contributed by atoms with Gasteiger partial charge in [-0.05, 0) is 44.0 Å². The normalized spacial score (nSPS) is 11.6. The highest BCUT2D eigenvalue weighted by atomic mass is 16.5. The Morgan fingerprint density at radius 1 is 1.13 bits per heavy atom. The number of nitrogens with one attached hydrogen (secondary N) is 3. The Kier molecular flexibility index (Phi) is 8.72. The van der Waals surface area contributed by atoms with Crippen molar-refractivity contribution in [1.82, 2.24) is 20.6 Å². The fourth-order valence-corrected chi connectivity index (χ4v) is 3.28. The third-order valence-electron chi connectivity index (χ3n) is 4.90. The Labute approximate surface area is 184 Å². The van der Waals surface area contributed by atoms with Crippen LogP contribution in [0, 0.1) is 6.92 Å². The number of ether oxygens (including phenoxy) is 2. The van der Waals surface area contributed by atoms with Crippen molar-refractivity contribution in [2.45, 2.75) is 33.2 Å². The lowest BCUT2D eigenvalue weighted by Gasteiger charge is -2.15. The first-order valence-electron chi connectivity index (χ1n) is 10.9. The molecule has 0 amide bonds. The van der Waals surface area contributed by atoms with Crippen molar-refractivity contribution < 1.29 is 9.47 Å². The van der Waals surface area contributed by atoms with E-state index in [1.165, 1.54) is 5.56 Å². The Balaban J connectivity index is 1.44. The second-order valence-corrected chi connectivity index (χ2v) is 7.31. The van der Waals surface area contributed by atoms with Gasteiger partial charge in [-0.25, -0.2) is 4.98 Å². The fraction of sp³-hybridized carbons (Fsp3) is 0.417. The maximum absolute atomic E-state index is 5.92. The summed E-state index contributed by atoms with van der Waals surface area (Å²) >= 11 is 0. The number of aryl methyl sites for hydroxylation is 2. The van der Waals surface area contributed by atoms with Gasteiger partial charge in [-0.3, -0.25) is 4.99 Å². The van der Waals surface area contributed by atoms with Crippen LogP contribution in [0.2, 0.25) is 0 Å². The van der Waals surface area contributed by atoms with E-state index in [1.807, 2.05) is 25.1 Å². The van der Waals surface area contributed by atoms with Crippen molar-refractivity contribution in [2.24, 2.45) is 4.99 Å². The summed E-state index contributed by atoms with van der Waals surface area (Å²) in [6.07, 6.45) is 1.84. The zero-order valence-electron chi connectivity index (χ0n) is 18.7. The highest BCUT2D eigenvalue weighted by Crippen LogP contribution is 2.20. The number of hydrogen-bond donors (Lipinski definition) is 3. The molecule has 0 unspecified atom stereocenters. The molecular formula is C24H33N5O2. The lowest BCUT2D eigenvalue weighted by Crippen LogP contribution is -2.37. The third-order valence-corrected chi connectivity index (χ3v) is 4.90. The van der Waals surface area contributed by atoms with Gasteiger partial charge < -0.3 is 25.1 Å². The molecule has 0 bridgehead atoms. The van der Waals surface area contributed by atoms with Crippen LogP contribution in [0.25, 0.3) is 11.0 Å². The second-order valence-electron chi connectivity index (χ2n) is 7.31. The van der Waals surface area contributed by atoms with Crippen LogP contribution in [0.1, 0.15) is 30.3 Å². The van der Waals surface area contributed by atoms with Gasteiger partial charge in [-0.1, -0.05) is 24.3 Å². The molecule has 0 aliphatic carbocycles. The monoisotopic (exact) mass is 423 g/mol. The van der Waals surface area contributed by atoms with E-state index in [2.05, 4.69) is 56.8 Å². The van der Waals surface area contributed by atoms with Crippen LogP contribution in [0.5, 0.6) is 5.75 Å². The molecule has 31 heavy (non-hydrogen) atoms. The highest BCUT2D eigenvalue weighted by molar-refractivity contribution is 5.79. The molecule has 0 aliphatic heterocycles. The van der Waals surface area contributed by atoms with Gasteiger partial charge in [0.05, 0.1) is 17.6 Å². The molecule has 7 heteroatoms. The highest BCUT2D eigenvalue weighted by Gasteiger charge is 2.07. The van der Waals surface area contributed by atoms with Crippen LogP contribution in [-0.4, -0.2) is 49.3 Å². The number of benzene rings is 2. The molecular weight excluding hydrogens is 390 g/mol. The number of fused-ring (bicyclic) bond motifs is 1. The maximum atomic E-state index is 5.92. The molecule has 1 aromatic heterocycles. The van der Waals surface area contributed by atoms with E-state index in [-0.39, 0.29) is 0 Å². The zero-order valence-corrected chi connectivity index (χ0v) is 18.7. The van der Waals surface area contributed by atoms with Crippen LogP contribution < -0.4 is 15.4 Å². The van der Waals surface area contributed by atoms with Gasteiger partial charge in [0.15, 0.2) is 5.96 Å². The largest absolute Gasteiger partial charge is 0.491 e. The molecule has 0 radical (unpaired) electrons. The van der Waals surface area contributed by atoms with Gasteiger partial charge >= 0.3 is 0 Å². The molecule has 3 rings (SSSR count). The van der Waals surface area contributed by atoms with Gasteiger partial charge in [-0.15, -0.1) is 0 Å². The van der Waals surface area contributed by atoms with E-state index in [9.17, 15) is 0 Å². The molecule has 0 atom stereocenters. The molecule has 0 fully saturated rings. The number of aliphatic imine (C=N–C) groups is 1. The number of H-pyrrole nitrogens is 1. The number of hydrogen-bond acceptors (Lipinski definition) is 4. The van der Waals surface area contributed by atoms with Crippen LogP contribution in [0.15, 0.2) is 47.5 Å². The van der Waals surface area contributed by atoms with Crippen molar-refractivity contribution >= 4 is 17.0 Å². The Morgan fingerprint density at radius 3 is 2.81 bits per heavy atom. The van der Waals surface area contributed by atoms with Crippen LogP contribution in [-0.2, 0) is 17.7 Å². The molecule has 0 saturated carbocycles. The fourth-order valence-electron chi connectivity index (χ4n) is 3.28. The number of imidazole rings is 1. The molecule has 0 saturated heterocycles. The van der Waals surface area contributed by atoms with Crippen LogP contribution in [0.4, 0.5) is 0 Å². The number of guanidine groups is 1. The van der Waals surface area contributed by atoms with E-state index < -0.39 is 0 Å². The molecule has 0 spiro atoms. The van der Waals surface area contributed by atoms with Crippen molar-refractivity contribution in [2.75, 3.05) is 33.4 Å². The molecule has 2 aromatic carbocycles. The number of aromatic nitrogens is 2. The van der Waals surface area contributed by atoms with Gasteiger partial charge in [0.25, 0.3) is 0 Å². The Morgan fingerprint density at radius 2 is 2.00 bits per heavy atom. The minimum Gasteiger partial charge on any atom is -0.491 e. The average Bonchev–Trinajstić information content (AvgIpc) is 3.20. The first-order chi connectivity index (χ1) is 15.2. The maximum Gasteiger partial charge on any atom is 0.191 e. The topological polar surface area (TPSA) is 83.6 Å². The van der Waals surface area contributed by atoms with Crippen LogP contribution >= 0.6 is 0 Å². The first-order valence-corrected chi connectivity index (χ1v) is 10.9. The van der Waals surface area contributed by atoms with Crippen molar-refractivity contribution in [1.29, 1.82) is 0 Å². The molecule has 0 aliphatic rings. The lowest BCUT2D eigenvalue weighted by molar-refractivity contribution is 0.110. The summed E-state index contributed by atoms with van der Waals surface area (Å²) in [6, 6.07) is 14.4. The quantitative estimate of drug-likeness (QED) is 0.249. The predicted molar refractivity (Wildman–Crippen MR) is 126 cm³/mol. The number of para-hydroxylation sites is 2. The third kappa shape index (κ3) is 7.00. The number of rotatable bonds is 11. The van der Waals surface area contributed by atoms with E-state index in [0.29, 0.717) is 26.4 Å². The van der Waals surface area contributed by atoms with E-state index >= 15 is 0 Å². The summed E-state index contributed by atoms with van der Waals surface area (Å²) in [5.74, 6) is 2.66. The van der Waals surface area contributed by atoms with Crippen molar-refractivity contribution in [3.63, 3.8) is 0 Å². The smallest absolute Gasteiger partial charge is 0.191 e. The molecule has 166 valence electrons. The van der Waals surface area contributed by atoms with Gasteiger partial charge in [0.2, 0.25) is 0 Å². The standard InChI is InChI=1S/C24H33N5O2/c1-4-30-14-15-31-22-16-18(2)11-12-19(22)17-27-24(25-3)26-13-7-10-23-28-20-8-5-6-9-21(20)29-23/h5-6,8-9,11-12,16H,4,7,10,13-15,17H2,1-3H3,(H,28,29)(H2,25,26,27). The van der Waals surface area contributed by atoms with E-state index in [4.69, 9.17) is 9.47 Å². The summed E-state index contributed by atoms with van der Waals surface area (Å²) in [7, 11) is 1.78. The van der Waals surface area contributed by atoms with E-state index in [0.717, 1.165) is 53.5 Å². The first kappa shape index (κ1) is 22.6. The predicted octanol–water partition coefficient (Wildman–Crippen LogP) is 3.58. The van der Waals surface area contributed by atoms with Gasteiger partial charge in [0.1, 0.15) is 18.2 Å². The summed E-state index contributed by atoms with van der Waals surface area (Å²) < 4.78 is 11.3.